The van der Waals surface area contributed by atoms with Crippen molar-refractivity contribution in [3.63, 3.8) is 0 Å². The smallest absolute Gasteiger partial charge is 0.305 e. The second kappa shape index (κ2) is 7.43. The molecule has 7 nitrogen and oxygen atoms in total. The van der Waals surface area contributed by atoms with Gasteiger partial charge in [0, 0.05) is 12.0 Å². The van der Waals surface area contributed by atoms with Gasteiger partial charge in [-0.25, -0.2) is 9.40 Å². The van der Waals surface area contributed by atoms with Gasteiger partial charge in [-0.1, -0.05) is 26.0 Å². The number of ketones is 1. The van der Waals surface area contributed by atoms with E-state index in [4.69, 9.17) is 10.2 Å². The van der Waals surface area contributed by atoms with Crippen LogP contribution in [0, 0.1) is 22.6 Å². The summed E-state index contributed by atoms with van der Waals surface area (Å²) in [6.45, 7) is 3.90. The van der Waals surface area contributed by atoms with E-state index in [1.54, 1.807) is 18.2 Å². The van der Waals surface area contributed by atoms with Crippen LogP contribution in [0.5, 0.6) is 0 Å². The number of carbonyl (C=O) groups is 2. The Labute approximate surface area is 178 Å². The Morgan fingerprint density at radius 2 is 2.00 bits per heavy atom. The fraction of sp³-hybridized carbons (Fsp3) is 0.261. The second-order valence-electron chi connectivity index (χ2n) is 8.45. The summed E-state index contributed by atoms with van der Waals surface area (Å²) in [7, 11) is 0. The molecule has 1 aromatic carbocycles. The van der Waals surface area contributed by atoms with Crippen molar-refractivity contribution >= 4 is 11.7 Å². The van der Waals surface area contributed by atoms with Gasteiger partial charge in [0.25, 0.3) is 0 Å². The van der Waals surface area contributed by atoms with Gasteiger partial charge < -0.3 is 10.2 Å². The first-order valence-corrected chi connectivity index (χ1v) is 9.78. The lowest BCUT2D eigenvalue weighted by atomic mass is 9.69. The maximum atomic E-state index is 13.5. The molecule has 0 fully saturated rings. The number of hydrogen-bond donors (Lipinski definition) is 2. The quantitative estimate of drug-likeness (QED) is 0.786. The molecule has 1 aliphatic heterocycles. The van der Waals surface area contributed by atoms with Crippen LogP contribution < -0.4 is 11.2 Å². The van der Waals surface area contributed by atoms with E-state index >= 15 is 0 Å². The molecule has 0 radical (unpaired) electrons. The van der Waals surface area contributed by atoms with Crippen LogP contribution in [0.4, 0.5) is 4.39 Å². The maximum absolute atomic E-state index is 13.5. The molecular weight excluding hydrogens is 399 g/mol. The van der Waals surface area contributed by atoms with Gasteiger partial charge in [-0.3, -0.25) is 15.0 Å². The third kappa shape index (κ3) is 3.59. The number of nitrogens with zero attached hydrogens (tertiary/aromatic N) is 2. The zero-order chi connectivity index (χ0) is 22.3. The van der Waals surface area contributed by atoms with E-state index in [-0.39, 0.29) is 34.8 Å². The van der Waals surface area contributed by atoms with Crippen molar-refractivity contribution in [2.75, 3.05) is 0 Å². The summed E-state index contributed by atoms with van der Waals surface area (Å²) >= 11 is 0. The highest BCUT2D eigenvalue weighted by molar-refractivity contribution is 6.00. The van der Waals surface area contributed by atoms with Crippen LogP contribution in [0.3, 0.4) is 0 Å². The molecule has 1 amide bonds. The Morgan fingerprint density at radius 3 is 2.61 bits per heavy atom. The van der Waals surface area contributed by atoms with E-state index in [1.807, 2.05) is 13.8 Å². The largest absolute Gasteiger partial charge is 0.459 e. The predicted octanol–water partition coefficient (Wildman–Crippen LogP) is 3.50. The summed E-state index contributed by atoms with van der Waals surface area (Å²) in [6.07, 6.45) is 2.10. The average molecular weight is 420 g/mol. The summed E-state index contributed by atoms with van der Waals surface area (Å²) in [6, 6.07) is 10.8. The van der Waals surface area contributed by atoms with E-state index in [2.05, 4.69) is 11.5 Å². The predicted molar refractivity (Wildman–Crippen MR) is 109 cm³/mol. The van der Waals surface area contributed by atoms with Gasteiger partial charge in [0.1, 0.15) is 11.6 Å². The van der Waals surface area contributed by atoms with E-state index in [0.29, 0.717) is 23.3 Å². The molecule has 3 N–H and O–H groups in total. The fourth-order valence-electron chi connectivity index (χ4n) is 4.19. The third-order valence-corrected chi connectivity index (χ3v) is 5.54. The van der Waals surface area contributed by atoms with Crippen LogP contribution in [0.15, 0.2) is 69.7 Å². The van der Waals surface area contributed by atoms with Gasteiger partial charge in [-0.15, -0.1) is 0 Å². The van der Waals surface area contributed by atoms with Crippen molar-refractivity contribution in [3.8, 4) is 6.07 Å². The lowest BCUT2D eigenvalue weighted by Gasteiger charge is -2.43. The van der Waals surface area contributed by atoms with Crippen LogP contribution >= 0.6 is 0 Å². The Morgan fingerprint density at radius 1 is 1.29 bits per heavy atom. The Bertz CT molecular complexity index is 1150. The lowest BCUT2D eigenvalue weighted by Crippen LogP contribution is -2.49. The monoisotopic (exact) mass is 420 g/mol. The first-order valence-electron chi connectivity index (χ1n) is 9.78. The molecule has 4 rings (SSSR count). The van der Waals surface area contributed by atoms with Crippen LogP contribution in [0.2, 0.25) is 0 Å². The first-order chi connectivity index (χ1) is 14.7. The molecule has 31 heavy (non-hydrogen) atoms. The van der Waals surface area contributed by atoms with Crippen LogP contribution in [0.1, 0.15) is 48.7 Å². The molecule has 8 heteroatoms. The lowest BCUT2D eigenvalue weighted by molar-refractivity contribution is -0.118. The van der Waals surface area contributed by atoms with Crippen molar-refractivity contribution in [1.82, 2.24) is 10.4 Å². The van der Waals surface area contributed by atoms with E-state index in [1.165, 1.54) is 29.5 Å². The Kier molecular flexibility index (Phi) is 4.90. The molecule has 0 bridgehead atoms. The topological polar surface area (TPSA) is 112 Å². The van der Waals surface area contributed by atoms with Crippen molar-refractivity contribution in [3.05, 3.63) is 82.5 Å². The minimum absolute atomic E-state index is 0.0148. The molecule has 2 aliphatic rings. The average Bonchev–Trinajstić information content (AvgIpc) is 3.24. The van der Waals surface area contributed by atoms with Gasteiger partial charge >= 0.3 is 5.91 Å². The molecule has 1 unspecified atom stereocenters. The van der Waals surface area contributed by atoms with Crippen molar-refractivity contribution in [2.24, 2.45) is 11.1 Å². The standard InChI is InChI=1S/C23H21FN4O3/c1-23(2)10-16-20(17(29)11-23)19(13-5-7-14(24)8-6-13)15(12-25)21(26)28(16)27-22(30)18-4-3-9-31-18/h3-9,19H,10-11,26H2,1-2H3,(H,27,30). The summed E-state index contributed by atoms with van der Waals surface area (Å²) < 4.78 is 18.7. The number of amides is 1. The van der Waals surface area contributed by atoms with Crippen molar-refractivity contribution in [2.45, 2.75) is 32.6 Å². The highest BCUT2D eigenvalue weighted by Crippen LogP contribution is 2.48. The summed E-state index contributed by atoms with van der Waals surface area (Å²) in [5, 5.41) is 11.2. The number of rotatable bonds is 3. The number of nitrogens with one attached hydrogen (secondary N) is 1. The van der Waals surface area contributed by atoms with Gasteiger partial charge in [0.2, 0.25) is 0 Å². The fourth-order valence-corrected chi connectivity index (χ4v) is 4.19. The maximum Gasteiger partial charge on any atom is 0.305 e. The number of hydrazine groups is 1. The number of hydrogen-bond acceptors (Lipinski definition) is 6. The zero-order valence-electron chi connectivity index (χ0n) is 17.1. The Hall–Kier alpha value is -3.86. The molecule has 0 saturated carbocycles. The zero-order valence-corrected chi connectivity index (χ0v) is 17.1. The second-order valence-corrected chi connectivity index (χ2v) is 8.45. The molecule has 1 atom stereocenters. The van der Waals surface area contributed by atoms with Crippen LogP contribution in [0.25, 0.3) is 0 Å². The number of nitriles is 1. The Balaban J connectivity index is 1.87. The summed E-state index contributed by atoms with van der Waals surface area (Å²) in [5.41, 5.74) is 10.2. The van der Waals surface area contributed by atoms with Gasteiger partial charge in [0.05, 0.1) is 29.5 Å². The van der Waals surface area contributed by atoms with Crippen molar-refractivity contribution in [1.29, 1.82) is 5.26 Å². The molecule has 0 spiro atoms. The third-order valence-electron chi connectivity index (χ3n) is 5.54. The van der Waals surface area contributed by atoms with E-state index in [9.17, 15) is 19.2 Å². The van der Waals surface area contributed by atoms with Gasteiger partial charge in [-0.05, 0) is 41.7 Å². The molecular formula is C23H21FN4O3. The summed E-state index contributed by atoms with van der Waals surface area (Å²) in [5.74, 6) is -1.78. The number of allylic oxidation sites excluding steroid dienone is 3. The molecule has 0 saturated heterocycles. The van der Waals surface area contributed by atoms with Crippen LogP contribution in [-0.4, -0.2) is 16.7 Å². The summed E-state index contributed by atoms with van der Waals surface area (Å²) in [4.78, 5) is 25.9. The number of carbonyl (C=O) groups excluding carboxylic acids is 2. The molecule has 158 valence electrons. The van der Waals surface area contributed by atoms with Gasteiger partial charge in [-0.2, -0.15) is 5.26 Å². The van der Waals surface area contributed by atoms with E-state index in [0.717, 1.165) is 0 Å². The van der Waals surface area contributed by atoms with Gasteiger partial charge in [0.15, 0.2) is 11.5 Å². The number of halogens is 1. The number of benzene rings is 1. The minimum Gasteiger partial charge on any atom is -0.459 e. The normalized spacial score (nSPS) is 20.4. The highest BCUT2D eigenvalue weighted by atomic mass is 19.1. The van der Waals surface area contributed by atoms with Crippen LogP contribution in [-0.2, 0) is 4.79 Å². The number of Topliss-reactive ketones (excluding diaryl/α,β-unsaturated/α-hetero) is 1. The first kappa shape index (κ1) is 20.4. The number of nitrogens with two attached hydrogens (primary N) is 1. The minimum atomic E-state index is -0.735. The molecule has 2 heterocycles. The molecule has 2 aromatic rings. The van der Waals surface area contributed by atoms with Crippen molar-refractivity contribution < 1.29 is 18.4 Å². The highest BCUT2D eigenvalue weighted by Gasteiger charge is 2.45. The number of furan rings is 1. The van der Waals surface area contributed by atoms with E-state index < -0.39 is 17.6 Å². The molecule has 1 aromatic heterocycles. The SMILES string of the molecule is CC1(C)CC(=O)C2=C(C1)N(NC(=O)c1ccco1)C(N)=C(C#N)C2c1ccc(F)cc1. The molecule has 1 aliphatic carbocycles.